The number of rotatable bonds is 5. The Balaban J connectivity index is 2.98. The van der Waals surface area contributed by atoms with Gasteiger partial charge in [-0.2, -0.15) is 15.0 Å². The predicted molar refractivity (Wildman–Crippen MR) is 67.3 cm³/mol. The summed E-state index contributed by atoms with van der Waals surface area (Å²) in [6, 6.07) is 0.150. The maximum atomic E-state index is 5.81. The molecule has 1 rings (SSSR count). The molecule has 0 aliphatic carbocycles. The molecule has 92 valence electrons. The first-order chi connectivity index (χ1) is 8.10. The van der Waals surface area contributed by atoms with Gasteiger partial charge in [0, 0.05) is 13.1 Å². The number of halogens is 1. The van der Waals surface area contributed by atoms with E-state index in [4.69, 9.17) is 22.8 Å². The molecule has 1 unspecified atom stereocenters. The number of terminal acetylenes is 1. The van der Waals surface area contributed by atoms with Crippen LogP contribution >= 0.6 is 11.6 Å². The van der Waals surface area contributed by atoms with Crippen molar-refractivity contribution in [2.24, 2.45) is 0 Å². The number of hydrogen-bond acceptors (Lipinski definition) is 5. The molecule has 6 heteroatoms. The Labute approximate surface area is 106 Å². The first-order valence-corrected chi connectivity index (χ1v) is 5.77. The van der Waals surface area contributed by atoms with Crippen LogP contribution in [0.3, 0.4) is 0 Å². The molecule has 0 radical (unpaired) electrons. The summed E-state index contributed by atoms with van der Waals surface area (Å²) < 4.78 is 5.31. The van der Waals surface area contributed by atoms with E-state index in [1.807, 2.05) is 18.7 Å². The highest BCUT2D eigenvalue weighted by Gasteiger charge is 2.12. The summed E-state index contributed by atoms with van der Waals surface area (Å²) in [6.45, 7) is 7.30. The number of ether oxygens (including phenoxy) is 1. The van der Waals surface area contributed by atoms with Crippen molar-refractivity contribution in [3.8, 4) is 18.4 Å². The molecule has 0 saturated carbocycles. The second-order valence-corrected chi connectivity index (χ2v) is 3.62. The predicted octanol–water partition coefficient (Wildman–Crippen LogP) is 1.77. The molecule has 0 aliphatic rings. The van der Waals surface area contributed by atoms with Gasteiger partial charge in [-0.3, -0.25) is 0 Å². The third kappa shape index (κ3) is 3.75. The first kappa shape index (κ1) is 13.5. The van der Waals surface area contributed by atoms with Crippen LogP contribution < -0.4 is 9.64 Å². The smallest absolute Gasteiger partial charge is 0.323 e. The van der Waals surface area contributed by atoms with Gasteiger partial charge in [0.25, 0.3) is 0 Å². The zero-order valence-corrected chi connectivity index (χ0v) is 10.9. The molecule has 0 aliphatic heterocycles. The van der Waals surface area contributed by atoms with Crippen LogP contribution in [0.5, 0.6) is 6.01 Å². The molecule has 1 aromatic heterocycles. The lowest BCUT2D eigenvalue weighted by molar-refractivity contribution is 0.255. The molecule has 0 spiro atoms. The maximum absolute atomic E-state index is 5.81. The van der Waals surface area contributed by atoms with E-state index < -0.39 is 6.10 Å². The number of aromatic nitrogens is 3. The molecule has 1 heterocycles. The Bertz CT molecular complexity index is 414. The van der Waals surface area contributed by atoms with Gasteiger partial charge in [0.15, 0.2) is 6.10 Å². The molecule has 17 heavy (non-hydrogen) atoms. The van der Waals surface area contributed by atoms with Crippen molar-refractivity contribution < 1.29 is 4.74 Å². The Morgan fingerprint density at radius 3 is 2.53 bits per heavy atom. The Hall–Kier alpha value is -1.54. The van der Waals surface area contributed by atoms with E-state index in [0.29, 0.717) is 5.95 Å². The third-order valence-corrected chi connectivity index (χ3v) is 2.31. The topological polar surface area (TPSA) is 51.1 Å². The molecule has 0 N–H and O–H groups in total. The van der Waals surface area contributed by atoms with E-state index in [1.165, 1.54) is 0 Å². The van der Waals surface area contributed by atoms with Crippen LogP contribution in [0.4, 0.5) is 5.95 Å². The zero-order valence-electron chi connectivity index (χ0n) is 10.1. The van der Waals surface area contributed by atoms with Gasteiger partial charge < -0.3 is 9.64 Å². The molecule has 0 bridgehead atoms. The van der Waals surface area contributed by atoms with Crippen LogP contribution in [0.15, 0.2) is 0 Å². The number of anilines is 1. The largest absolute Gasteiger partial charge is 0.447 e. The zero-order chi connectivity index (χ0) is 12.8. The van der Waals surface area contributed by atoms with Crippen LogP contribution in [-0.2, 0) is 0 Å². The van der Waals surface area contributed by atoms with Crippen LogP contribution in [0.1, 0.15) is 20.8 Å². The summed E-state index contributed by atoms with van der Waals surface area (Å²) in [5.41, 5.74) is 0. The Kier molecular flexibility index (Phi) is 4.98. The van der Waals surface area contributed by atoms with E-state index in [0.717, 1.165) is 13.1 Å². The molecule has 5 nitrogen and oxygen atoms in total. The van der Waals surface area contributed by atoms with Crippen molar-refractivity contribution >= 4 is 17.5 Å². The molecule has 1 aromatic rings. The lowest BCUT2D eigenvalue weighted by atomic mass is 10.4. The van der Waals surface area contributed by atoms with Crippen LogP contribution in [0, 0.1) is 12.3 Å². The minimum absolute atomic E-state index is 0.0983. The van der Waals surface area contributed by atoms with Gasteiger partial charge in [-0.15, -0.1) is 6.42 Å². The highest BCUT2D eigenvalue weighted by Crippen LogP contribution is 2.15. The average Bonchev–Trinajstić information content (AvgIpc) is 2.29. The van der Waals surface area contributed by atoms with E-state index >= 15 is 0 Å². The number of hydrogen-bond donors (Lipinski definition) is 0. The molecule has 0 aromatic carbocycles. The average molecular weight is 255 g/mol. The van der Waals surface area contributed by atoms with E-state index in [-0.39, 0.29) is 11.3 Å². The SMILES string of the molecule is C#CC(C)Oc1nc(Cl)nc(N(CC)CC)n1. The van der Waals surface area contributed by atoms with Gasteiger partial charge in [0.05, 0.1) is 0 Å². The lowest BCUT2D eigenvalue weighted by Crippen LogP contribution is -2.25. The summed E-state index contributed by atoms with van der Waals surface area (Å²) in [5, 5.41) is 0.0983. The molecule has 0 amide bonds. The second kappa shape index (κ2) is 6.26. The molecule has 0 saturated heterocycles. The summed E-state index contributed by atoms with van der Waals surface area (Å²) in [4.78, 5) is 14.0. The van der Waals surface area contributed by atoms with Crippen LogP contribution in [0.25, 0.3) is 0 Å². The monoisotopic (exact) mass is 254 g/mol. The standard InChI is InChI=1S/C11H15ClN4O/c1-5-8(4)17-11-14-9(12)13-10(15-11)16(6-2)7-3/h1,8H,6-7H2,2-4H3. The summed E-state index contributed by atoms with van der Waals surface area (Å²) >= 11 is 5.81. The van der Waals surface area contributed by atoms with Crippen molar-refractivity contribution in [3.05, 3.63) is 5.28 Å². The first-order valence-electron chi connectivity index (χ1n) is 5.40. The summed E-state index contributed by atoms with van der Waals surface area (Å²) in [7, 11) is 0. The second-order valence-electron chi connectivity index (χ2n) is 3.29. The lowest BCUT2D eigenvalue weighted by Gasteiger charge is -2.18. The minimum atomic E-state index is -0.405. The van der Waals surface area contributed by atoms with Crippen molar-refractivity contribution in [2.45, 2.75) is 26.9 Å². The summed E-state index contributed by atoms with van der Waals surface area (Å²) in [5.74, 6) is 2.92. The fourth-order valence-corrected chi connectivity index (χ4v) is 1.36. The van der Waals surface area contributed by atoms with Crippen molar-refractivity contribution in [1.29, 1.82) is 0 Å². The molecular weight excluding hydrogens is 240 g/mol. The molecular formula is C11H15ClN4O. The summed E-state index contributed by atoms with van der Waals surface area (Å²) in [6.07, 6.45) is 4.81. The van der Waals surface area contributed by atoms with Gasteiger partial charge in [-0.1, -0.05) is 5.92 Å². The van der Waals surface area contributed by atoms with E-state index in [1.54, 1.807) is 6.92 Å². The highest BCUT2D eigenvalue weighted by atomic mass is 35.5. The maximum Gasteiger partial charge on any atom is 0.323 e. The van der Waals surface area contributed by atoms with Gasteiger partial charge >= 0.3 is 6.01 Å². The van der Waals surface area contributed by atoms with Crippen LogP contribution in [0.2, 0.25) is 5.28 Å². The highest BCUT2D eigenvalue weighted by molar-refractivity contribution is 6.28. The molecule has 1 atom stereocenters. The van der Waals surface area contributed by atoms with E-state index in [2.05, 4.69) is 20.9 Å². The van der Waals surface area contributed by atoms with Crippen molar-refractivity contribution in [2.75, 3.05) is 18.0 Å². The Morgan fingerprint density at radius 1 is 1.35 bits per heavy atom. The van der Waals surface area contributed by atoms with Crippen LogP contribution in [-0.4, -0.2) is 34.1 Å². The van der Waals surface area contributed by atoms with Crippen molar-refractivity contribution in [3.63, 3.8) is 0 Å². The van der Waals surface area contributed by atoms with Gasteiger partial charge in [-0.05, 0) is 32.4 Å². The normalized spacial score (nSPS) is 11.7. The Morgan fingerprint density at radius 2 is 2.00 bits per heavy atom. The van der Waals surface area contributed by atoms with Gasteiger partial charge in [0.1, 0.15) is 0 Å². The fraction of sp³-hybridized carbons (Fsp3) is 0.545. The quantitative estimate of drug-likeness (QED) is 0.750. The van der Waals surface area contributed by atoms with Crippen molar-refractivity contribution in [1.82, 2.24) is 15.0 Å². The number of nitrogens with zero attached hydrogens (tertiary/aromatic N) is 4. The third-order valence-electron chi connectivity index (χ3n) is 2.14. The van der Waals surface area contributed by atoms with Gasteiger partial charge in [0.2, 0.25) is 11.2 Å². The minimum Gasteiger partial charge on any atom is -0.447 e. The fourth-order valence-electron chi connectivity index (χ4n) is 1.21. The molecule has 0 fully saturated rings. The van der Waals surface area contributed by atoms with Gasteiger partial charge in [-0.25, -0.2) is 0 Å². The van der Waals surface area contributed by atoms with E-state index in [9.17, 15) is 0 Å².